The first kappa shape index (κ1) is 19.0. The summed E-state index contributed by atoms with van der Waals surface area (Å²) in [6.45, 7) is 7.86. The summed E-state index contributed by atoms with van der Waals surface area (Å²) in [6.07, 6.45) is 0.791. The van der Waals surface area contributed by atoms with Gasteiger partial charge in [0.05, 0.1) is 5.75 Å². The summed E-state index contributed by atoms with van der Waals surface area (Å²) < 4.78 is 5.56. The molecule has 8 heteroatoms. The van der Waals surface area contributed by atoms with Crippen LogP contribution < -0.4 is 10.6 Å². The first-order chi connectivity index (χ1) is 11.9. The Morgan fingerprint density at radius 1 is 1.24 bits per heavy atom. The maximum Gasteiger partial charge on any atom is 0.321 e. The summed E-state index contributed by atoms with van der Waals surface area (Å²) in [4.78, 5) is 23.4. The van der Waals surface area contributed by atoms with Crippen LogP contribution in [-0.2, 0) is 4.79 Å². The second-order valence-corrected chi connectivity index (χ2v) is 6.72. The molecule has 0 unspecified atom stereocenters. The van der Waals surface area contributed by atoms with Gasteiger partial charge in [-0.1, -0.05) is 24.8 Å². The first-order valence-electron chi connectivity index (χ1n) is 8.03. The maximum absolute atomic E-state index is 11.8. The van der Waals surface area contributed by atoms with Crippen molar-refractivity contribution in [3.63, 3.8) is 0 Å². The molecule has 3 amide bonds. The van der Waals surface area contributed by atoms with E-state index in [1.54, 1.807) is 0 Å². The summed E-state index contributed by atoms with van der Waals surface area (Å²) in [5.41, 5.74) is 3.15. The van der Waals surface area contributed by atoms with Crippen LogP contribution >= 0.6 is 11.8 Å². The number of nitrogens with one attached hydrogen (secondary N) is 2. The van der Waals surface area contributed by atoms with E-state index >= 15 is 0 Å². The minimum absolute atomic E-state index is 0.0110. The highest BCUT2D eigenvalue weighted by molar-refractivity contribution is 7.99. The summed E-state index contributed by atoms with van der Waals surface area (Å²) in [7, 11) is 0. The zero-order chi connectivity index (χ0) is 18.4. The number of imide groups is 1. The van der Waals surface area contributed by atoms with Crippen LogP contribution in [0.1, 0.15) is 31.4 Å². The van der Waals surface area contributed by atoms with Gasteiger partial charge in [-0.05, 0) is 50.5 Å². The summed E-state index contributed by atoms with van der Waals surface area (Å²) in [5.74, 6) is -0.0000763. The lowest BCUT2D eigenvalue weighted by atomic mass is 10.1. The van der Waals surface area contributed by atoms with Crippen LogP contribution in [0, 0.1) is 13.8 Å². The molecule has 2 N–H and O–H groups in total. The molecule has 0 bridgehead atoms. The molecular weight excluding hydrogens is 340 g/mol. The third kappa shape index (κ3) is 5.60. The van der Waals surface area contributed by atoms with Crippen LogP contribution in [0.25, 0.3) is 11.5 Å². The van der Waals surface area contributed by atoms with Crippen molar-refractivity contribution in [3.05, 3.63) is 29.3 Å². The van der Waals surface area contributed by atoms with Crippen LogP contribution in [0.4, 0.5) is 4.79 Å². The highest BCUT2D eigenvalue weighted by Crippen LogP contribution is 2.24. The molecule has 0 aliphatic heterocycles. The van der Waals surface area contributed by atoms with Crippen LogP contribution in [0.15, 0.2) is 27.8 Å². The zero-order valence-electron chi connectivity index (χ0n) is 14.8. The van der Waals surface area contributed by atoms with Gasteiger partial charge in [-0.25, -0.2) is 4.79 Å². The Morgan fingerprint density at radius 2 is 2.00 bits per heavy atom. The van der Waals surface area contributed by atoms with E-state index in [1.807, 2.05) is 45.9 Å². The molecule has 1 aromatic carbocycles. The van der Waals surface area contributed by atoms with E-state index in [0.29, 0.717) is 5.89 Å². The lowest BCUT2D eigenvalue weighted by Gasteiger charge is -2.11. The largest absolute Gasteiger partial charge is 0.411 e. The smallest absolute Gasteiger partial charge is 0.321 e. The number of urea groups is 1. The van der Waals surface area contributed by atoms with Gasteiger partial charge in [0.25, 0.3) is 5.22 Å². The van der Waals surface area contributed by atoms with Crippen molar-refractivity contribution >= 4 is 23.7 Å². The molecule has 2 aromatic rings. The molecule has 134 valence electrons. The van der Waals surface area contributed by atoms with Crippen molar-refractivity contribution in [1.29, 1.82) is 0 Å². The first-order valence-corrected chi connectivity index (χ1v) is 9.02. The number of amides is 3. The van der Waals surface area contributed by atoms with Crippen molar-refractivity contribution < 1.29 is 14.0 Å². The van der Waals surface area contributed by atoms with Crippen molar-refractivity contribution in [3.8, 4) is 11.5 Å². The third-order valence-electron chi connectivity index (χ3n) is 3.73. The Balaban J connectivity index is 1.88. The van der Waals surface area contributed by atoms with Gasteiger partial charge in [-0.3, -0.25) is 10.1 Å². The molecule has 0 aliphatic carbocycles. The van der Waals surface area contributed by atoms with E-state index < -0.39 is 11.9 Å². The van der Waals surface area contributed by atoms with E-state index in [1.165, 1.54) is 5.56 Å². The number of rotatable bonds is 6. The molecule has 1 aromatic heterocycles. The molecule has 1 atom stereocenters. The molecule has 7 nitrogen and oxygen atoms in total. The van der Waals surface area contributed by atoms with E-state index in [0.717, 1.165) is 29.3 Å². The Hall–Kier alpha value is -2.35. The molecule has 0 fully saturated rings. The van der Waals surface area contributed by atoms with Gasteiger partial charge in [0.15, 0.2) is 0 Å². The molecule has 0 aliphatic rings. The second kappa shape index (κ2) is 8.66. The third-order valence-corrected chi connectivity index (χ3v) is 4.55. The van der Waals surface area contributed by atoms with Gasteiger partial charge < -0.3 is 9.73 Å². The van der Waals surface area contributed by atoms with E-state index in [-0.39, 0.29) is 17.0 Å². The molecule has 25 heavy (non-hydrogen) atoms. The highest BCUT2D eigenvalue weighted by atomic mass is 32.2. The fourth-order valence-electron chi connectivity index (χ4n) is 1.91. The highest BCUT2D eigenvalue weighted by Gasteiger charge is 2.14. The predicted octanol–water partition coefficient (Wildman–Crippen LogP) is 3.07. The van der Waals surface area contributed by atoms with Crippen molar-refractivity contribution in [2.24, 2.45) is 0 Å². The minimum Gasteiger partial charge on any atom is -0.411 e. The number of carbonyl (C=O) groups excluding carboxylic acids is 2. The SMILES string of the molecule is CC[C@H](C)NC(=O)NC(=O)CSc1nnc(-c2ccc(C)c(C)c2)o1. The maximum atomic E-state index is 11.8. The van der Waals surface area contributed by atoms with Crippen LogP contribution in [0.3, 0.4) is 0 Å². The molecule has 0 saturated heterocycles. The number of hydrogen-bond donors (Lipinski definition) is 2. The molecule has 0 radical (unpaired) electrons. The minimum atomic E-state index is -0.499. The normalized spacial score (nSPS) is 11.8. The number of hydrogen-bond acceptors (Lipinski definition) is 6. The van der Waals surface area contributed by atoms with Gasteiger partial charge in [-0.2, -0.15) is 0 Å². The molecule has 0 spiro atoms. The Morgan fingerprint density at radius 3 is 2.68 bits per heavy atom. The molecule has 1 heterocycles. The van der Waals surface area contributed by atoms with Crippen LogP contribution in [-0.4, -0.2) is 33.9 Å². The van der Waals surface area contributed by atoms with Crippen LogP contribution in [0.5, 0.6) is 0 Å². The van der Waals surface area contributed by atoms with Crippen molar-refractivity contribution in [2.75, 3.05) is 5.75 Å². The monoisotopic (exact) mass is 362 g/mol. The fourth-order valence-corrected chi connectivity index (χ4v) is 2.47. The average molecular weight is 362 g/mol. The summed E-state index contributed by atoms with van der Waals surface area (Å²) >= 11 is 1.09. The number of thioether (sulfide) groups is 1. The number of nitrogens with zero attached hydrogens (tertiary/aromatic N) is 2. The molecule has 2 rings (SSSR count). The Kier molecular flexibility index (Phi) is 6.58. The van der Waals surface area contributed by atoms with Crippen LogP contribution in [0.2, 0.25) is 0 Å². The van der Waals surface area contributed by atoms with E-state index in [2.05, 4.69) is 20.8 Å². The summed E-state index contributed by atoms with van der Waals surface area (Å²) in [6, 6.07) is 5.39. The van der Waals surface area contributed by atoms with Gasteiger partial charge in [0.2, 0.25) is 11.8 Å². The predicted molar refractivity (Wildman–Crippen MR) is 96.4 cm³/mol. The number of benzene rings is 1. The Labute approximate surface area is 151 Å². The number of aryl methyl sites for hydroxylation is 2. The average Bonchev–Trinajstić information content (AvgIpc) is 3.04. The summed E-state index contributed by atoms with van der Waals surface area (Å²) in [5, 5.41) is 13.1. The zero-order valence-corrected chi connectivity index (χ0v) is 15.6. The van der Waals surface area contributed by atoms with Crippen molar-refractivity contribution in [1.82, 2.24) is 20.8 Å². The topological polar surface area (TPSA) is 97.1 Å². The van der Waals surface area contributed by atoms with Gasteiger partial charge >= 0.3 is 6.03 Å². The Bertz CT molecular complexity index is 760. The fraction of sp³-hybridized carbons (Fsp3) is 0.412. The quantitative estimate of drug-likeness (QED) is 0.767. The van der Waals surface area contributed by atoms with E-state index in [4.69, 9.17) is 4.42 Å². The van der Waals surface area contributed by atoms with Gasteiger partial charge in [0.1, 0.15) is 0 Å². The van der Waals surface area contributed by atoms with Crippen molar-refractivity contribution in [2.45, 2.75) is 45.4 Å². The number of aromatic nitrogens is 2. The second-order valence-electron chi connectivity index (χ2n) is 5.79. The van der Waals surface area contributed by atoms with E-state index in [9.17, 15) is 9.59 Å². The van der Waals surface area contributed by atoms with Gasteiger partial charge in [0, 0.05) is 11.6 Å². The molecule has 0 saturated carbocycles. The standard InChI is InChI=1S/C17H22N4O3S/c1-5-12(4)18-16(23)19-14(22)9-25-17-21-20-15(24-17)13-7-6-10(2)11(3)8-13/h6-8,12H,5,9H2,1-4H3,(H2,18,19,22,23)/t12-/m0/s1. The van der Waals surface area contributed by atoms with Gasteiger partial charge in [-0.15, -0.1) is 10.2 Å². The lowest BCUT2D eigenvalue weighted by Crippen LogP contribution is -2.43. The molecular formula is C17H22N4O3S. The number of carbonyl (C=O) groups is 2. The lowest BCUT2D eigenvalue weighted by molar-refractivity contribution is -0.117.